The van der Waals surface area contributed by atoms with E-state index in [0.717, 1.165) is 36.5 Å². The van der Waals surface area contributed by atoms with Crippen LogP contribution in [0.3, 0.4) is 0 Å². The lowest BCUT2D eigenvalue weighted by molar-refractivity contribution is -0.131. The van der Waals surface area contributed by atoms with Crippen LogP contribution in [0.25, 0.3) is 0 Å². The molecule has 1 aromatic rings. The number of fused-ring (bicyclic) bond motifs is 2. The Morgan fingerprint density at radius 2 is 2.08 bits per heavy atom. The summed E-state index contributed by atoms with van der Waals surface area (Å²) >= 11 is 0. The van der Waals surface area contributed by atoms with Crippen molar-refractivity contribution in [3.8, 4) is 11.5 Å². The first-order chi connectivity index (χ1) is 12.5. The largest absolute Gasteiger partial charge is 0.492 e. The van der Waals surface area contributed by atoms with E-state index in [1.54, 1.807) is 0 Å². The summed E-state index contributed by atoms with van der Waals surface area (Å²) in [6, 6.07) is 3.43. The van der Waals surface area contributed by atoms with Crippen molar-refractivity contribution in [1.29, 1.82) is 0 Å². The fourth-order valence-electron chi connectivity index (χ4n) is 4.48. The van der Waals surface area contributed by atoms with Crippen molar-refractivity contribution >= 4 is 11.9 Å². The molecule has 5 rings (SSSR count). The number of carbonyl (C=O) groups is 2. The molecule has 26 heavy (non-hydrogen) atoms. The lowest BCUT2D eigenvalue weighted by atomic mass is 9.87. The molecule has 2 heterocycles. The molecule has 2 saturated carbocycles. The van der Waals surface area contributed by atoms with Gasteiger partial charge in [0, 0.05) is 29.9 Å². The minimum Gasteiger partial charge on any atom is -0.492 e. The van der Waals surface area contributed by atoms with Gasteiger partial charge in [-0.25, -0.2) is 4.79 Å². The second-order valence-corrected chi connectivity index (χ2v) is 8.14. The zero-order valence-electron chi connectivity index (χ0n) is 15.2. The molecule has 0 radical (unpaired) electrons. The van der Waals surface area contributed by atoms with Crippen molar-refractivity contribution in [2.24, 2.45) is 0 Å². The molecule has 138 valence electrons. The van der Waals surface area contributed by atoms with Crippen molar-refractivity contribution < 1.29 is 19.1 Å². The summed E-state index contributed by atoms with van der Waals surface area (Å²) in [5, 5.41) is 2.76. The predicted octanol–water partition coefficient (Wildman–Crippen LogP) is 2.66. The normalized spacial score (nSPS) is 30.7. The molecule has 3 amide bonds. The highest BCUT2D eigenvalue weighted by Gasteiger charge is 2.54. The lowest BCUT2D eigenvalue weighted by Gasteiger charge is -2.39. The SMILES string of the molecule is CC[C@H]1NC(=O)N(C2CC(Oc3ccc(C)c4c3C3(CC3)CO4)C2)C1=O. The lowest BCUT2D eigenvalue weighted by Crippen LogP contribution is -2.52. The van der Waals surface area contributed by atoms with Gasteiger partial charge in [-0.1, -0.05) is 13.0 Å². The quantitative estimate of drug-likeness (QED) is 0.842. The van der Waals surface area contributed by atoms with Crippen LogP contribution >= 0.6 is 0 Å². The summed E-state index contributed by atoms with van der Waals surface area (Å²) in [5.41, 5.74) is 2.56. The van der Waals surface area contributed by atoms with E-state index in [4.69, 9.17) is 9.47 Å². The minimum absolute atomic E-state index is 0.0458. The first-order valence-electron chi connectivity index (χ1n) is 9.59. The Balaban J connectivity index is 1.29. The Morgan fingerprint density at radius 1 is 1.31 bits per heavy atom. The molecule has 0 aromatic heterocycles. The zero-order valence-corrected chi connectivity index (χ0v) is 15.2. The van der Waals surface area contributed by atoms with Gasteiger partial charge in [0.05, 0.1) is 6.61 Å². The van der Waals surface area contributed by atoms with Crippen LogP contribution in [0.4, 0.5) is 4.79 Å². The Labute approximate surface area is 152 Å². The highest BCUT2D eigenvalue weighted by atomic mass is 16.5. The van der Waals surface area contributed by atoms with Gasteiger partial charge < -0.3 is 14.8 Å². The van der Waals surface area contributed by atoms with Gasteiger partial charge in [-0.3, -0.25) is 9.69 Å². The number of nitrogens with one attached hydrogen (secondary N) is 1. The Morgan fingerprint density at radius 3 is 2.73 bits per heavy atom. The summed E-state index contributed by atoms with van der Waals surface area (Å²) in [5.74, 6) is 1.82. The molecule has 0 unspecified atom stereocenters. The molecule has 0 bridgehead atoms. The molecule has 3 fully saturated rings. The van der Waals surface area contributed by atoms with Gasteiger partial charge in [0.15, 0.2) is 0 Å². The van der Waals surface area contributed by atoms with Crippen molar-refractivity contribution in [3.05, 3.63) is 23.3 Å². The monoisotopic (exact) mass is 356 g/mol. The molecule has 1 N–H and O–H groups in total. The third kappa shape index (κ3) is 2.17. The molecule has 2 aliphatic carbocycles. The maximum atomic E-state index is 12.3. The Bertz CT molecular complexity index is 795. The van der Waals surface area contributed by atoms with Crippen molar-refractivity contribution in [1.82, 2.24) is 10.2 Å². The Kier molecular flexibility index (Phi) is 3.30. The summed E-state index contributed by atoms with van der Waals surface area (Å²) in [7, 11) is 0. The summed E-state index contributed by atoms with van der Waals surface area (Å²) in [6.07, 6.45) is 4.40. The molecular formula is C20H24N2O4. The number of benzene rings is 1. The fraction of sp³-hybridized carbons (Fsp3) is 0.600. The van der Waals surface area contributed by atoms with Gasteiger partial charge in [0.25, 0.3) is 5.91 Å². The van der Waals surface area contributed by atoms with E-state index in [9.17, 15) is 9.59 Å². The Hall–Kier alpha value is -2.24. The average molecular weight is 356 g/mol. The van der Waals surface area contributed by atoms with Crippen molar-refractivity contribution in [2.45, 2.75) is 69.6 Å². The molecule has 1 saturated heterocycles. The van der Waals surface area contributed by atoms with Crippen LogP contribution in [0.1, 0.15) is 50.2 Å². The van der Waals surface area contributed by atoms with Crippen LogP contribution in [0.15, 0.2) is 12.1 Å². The summed E-state index contributed by atoms with van der Waals surface area (Å²) in [4.78, 5) is 25.8. The first kappa shape index (κ1) is 16.0. The van der Waals surface area contributed by atoms with Gasteiger partial charge in [-0.2, -0.15) is 0 Å². The van der Waals surface area contributed by atoms with Crippen LogP contribution < -0.4 is 14.8 Å². The molecular weight excluding hydrogens is 332 g/mol. The smallest absolute Gasteiger partial charge is 0.325 e. The third-order valence-corrected chi connectivity index (χ3v) is 6.38. The predicted molar refractivity (Wildman–Crippen MR) is 94.5 cm³/mol. The van der Waals surface area contributed by atoms with Crippen LogP contribution in [0.2, 0.25) is 0 Å². The maximum absolute atomic E-state index is 12.3. The molecule has 1 spiro atoms. The first-order valence-corrected chi connectivity index (χ1v) is 9.59. The van der Waals surface area contributed by atoms with E-state index in [1.807, 2.05) is 6.92 Å². The second-order valence-electron chi connectivity index (χ2n) is 8.14. The molecule has 4 aliphatic rings. The van der Waals surface area contributed by atoms with E-state index >= 15 is 0 Å². The van der Waals surface area contributed by atoms with E-state index in [2.05, 4.69) is 24.4 Å². The third-order valence-electron chi connectivity index (χ3n) is 6.38. The van der Waals surface area contributed by atoms with Crippen LogP contribution in [-0.2, 0) is 10.2 Å². The fourth-order valence-corrected chi connectivity index (χ4v) is 4.48. The number of hydrogen-bond acceptors (Lipinski definition) is 4. The highest BCUT2D eigenvalue weighted by molar-refractivity contribution is 6.04. The highest BCUT2D eigenvalue weighted by Crippen LogP contribution is 2.59. The van der Waals surface area contributed by atoms with Crippen molar-refractivity contribution in [2.75, 3.05) is 6.61 Å². The topological polar surface area (TPSA) is 67.9 Å². The number of aryl methyl sites for hydroxylation is 1. The molecule has 6 heteroatoms. The number of ether oxygens (including phenoxy) is 2. The number of rotatable bonds is 4. The van der Waals surface area contributed by atoms with Gasteiger partial charge in [-0.05, 0) is 37.8 Å². The van der Waals surface area contributed by atoms with Gasteiger partial charge >= 0.3 is 6.03 Å². The van der Waals surface area contributed by atoms with E-state index in [-0.39, 0.29) is 35.5 Å². The number of nitrogens with zero attached hydrogens (tertiary/aromatic N) is 1. The second kappa shape index (κ2) is 5.38. The van der Waals surface area contributed by atoms with Gasteiger partial charge in [0.2, 0.25) is 0 Å². The number of imide groups is 1. The number of urea groups is 1. The van der Waals surface area contributed by atoms with Crippen LogP contribution in [0, 0.1) is 6.92 Å². The summed E-state index contributed by atoms with van der Waals surface area (Å²) in [6.45, 7) is 4.75. The number of hydrogen-bond donors (Lipinski definition) is 1. The molecule has 1 atom stereocenters. The zero-order chi connectivity index (χ0) is 18.1. The van der Waals surface area contributed by atoms with Gasteiger partial charge in [-0.15, -0.1) is 0 Å². The van der Waals surface area contributed by atoms with Crippen molar-refractivity contribution in [3.63, 3.8) is 0 Å². The number of amides is 3. The van der Waals surface area contributed by atoms with Crippen LogP contribution in [-0.4, -0.2) is 41.6 Å². The average Bonchev–Trinajstić information content (AvgIpc) is 3.18. The van der Waals surface area contributed by atoms with E-state index < -0.39 is 0 Å². The van der Waals surface area contributed by atoms with Gasteiger partial charge in [0.1, 0.15) is 23.6 Å². The summed E-state index contributed by atoms with van der Waals surface area (Å²) < 4.78 is 12.2. The molecule has 1 aromatic carbocycles. The number of carbonyl (C=O) groups excluding carboxylic acids is 2. The van der Waals surface area contributed by atoms with E-state index in [1.165, 1.54) is 10.5 Å². The standard InChI is InChI=1S/C20H24N2O4/c1-3-14-18(23)22(19(24)21-14)12-8-13(9-12)26-15-5-4-11(2)17-16(15)20(6-7-20)10-25-17/h4-5,12-14H,3,6-10H2,1-2H3,(H,21,24)/t12?,13?,14-/m1/s1. The maximum Gasteiger partial charge on any atom is 0.325 e. The van der Waals surface area contributed by atoms with Crippen LogP contribution in [0.5, 0.6) is 11.5 Å². The molecule has 2 aliphatic heterocycles. The minimum atomic E-state index is -0.366. The van der Waals surface area contributed by atoms with E-state index in [0.29, 0.717) is 19.3 Å². The molecule has 6 nitrogen and oxygen atoms in total.